The number of carbonyl (C=O) groups is 2. The van der Waals surface area contributed by atoms with Crippen LogP contribution in [0.25, 0.3) is 0 Å². The molecular formula is C18H20F2O11S. The van der Waals surface area contributed by atoms with Crippen LogP contribution in [-0.4, -0.2) is 71.4 Å². The number of alkyl halides is 2. The highest BCUT2D eigenvalue weighted by molar-refractivity contribution is 7.87. The van der Waals surface area contributed by atoms with Gasteiger partial charge in [-0.05, 0) is 38.0 Å². The van der Waals surface area contributed by atoms with Crippen molar-refractivity contribution in [2.45, 2.75) is 73.5 Å². The number of halogens is 2. The normalized spacial score (nSPS) is 51.1. The summed E-state index contributed by atoms with van der Waals surface area (Å²) in [6.07, 6.45) is -2.35. The molecule has 0 radical (unpaired) electrons. The highest BCUT2D eigenvalue weighted by Gasteiger charge is 2.73. The third-order valence-electron chi connectivity index (χ3n) is 7.82. The van der Waals surface area contributed by atoms with Gasteiger partial charge in [0, 0.05) is 11.8 Å². The van der Waals surface area contributed by atoms with Crippen LogP contribution in [0.2, 0.25) is 0 Å². The predicted molar refractivity (Wildman–Crippen MR) is 91.8 cm³/mol. The SMILES string of the molecule is O=C1OC(O)C2OC3OC4(OC3C12)C1CC2CC4CC(OC(=O)C(F)(F)S(=O)(=O)O)(C2)C1. The Morgan fingerprint density at radius 2 is 1.78 bits per heavy atom. The highest BCUT2D eigenvalue weighted by atomic mass is 32.2. The standard InChI is InChI=1S/C18H20F2O11S/c19-18(20,32(24,25)26)15(23)31-16-3-6-1-7(4-16)17(8(2-6)5-16)29-11-9-10(27-14(11)30-17)13(22)28-12(9)21/h6-11,13-14,22H,1-5H2,(H,24,25,26). The predicted octanol–water partition coefficient (Wildman–Crippen LogP) is -0.0831. The molecule has 2 N–H and O–H groups in total. The van der Waals surface area contributed by atoms with Crippen LogP contribution < -0.4 is 0 Å². The molecule has 3 saturated heterocycles. The van der Waals surface area contributed by atoms with E-state index in [1.807, 2.05) is 0 Å². The minimum absolute atomic E-state index is 0.0184. The molecule has 0 aromatic rings. The van der Waals surface area contributed by atoms with Crippen molar-refractivity contribution in [3.8, 4) is 0 Å². The third kappa shape index (κ3) is 2.59. The second-order valence-electron chi connectivity index (χ2n) is 9.65. The van der Waals surface area contributed by atoms with E-state index < -0.39 is 69.4 Å². The smallest absolute Gasteiger partial charge is 0.454 e. The maximum Gasteiger partial charge on any atom is 0.465 e. The van der Waals surface area contributed by atoms with E-state index in [-0.39, 0.29) is 37.0 Å². The molecule has 4 saturated carbocycles. The zero-order valence-electron chi connectivity index (χ0n) is 16.4. The average molecular weight is 482 g/mol. The zero-order chi connectivity index (χ0) is 22.8. The van der Waals surface area contributed by atoms with E-state index in [2.05, 4.69) is 0 Å². The Kier molecular flexibility index (Phi) is 4.06. The molecule has 178 valence electrons. The summed E-state index contributed by atoms with van der Waals surface area (Å²) >= 11 is 0. The summed E-state index contributed by atoms with van der Waals surface area (Å²) in [6.45, 7) is 0. The van der Waals surface area contributed by atoms with Crippen molar-refractivity contribution in [1.29, 1.82) is 0 Å². The summed E-state index contributed by atoms with van der Waals surface area (Å²) in [4.78, 5) is 24.1. The van der Waals surface area contributed by atoms with Crippen LogP contribution in [0.15, 0.2) is 0 Å². The molecule has 0 aromatic carbocycles. The maximum atomic E-state index is 13.8. The van der Waals surface area contributed by atoms with Gasteiger partial charge in [0.15, 0.2) is 12.1 Å². The van der Waals surface area contributed by atoms with E-state index >= 15 is 0 Å². The number of aliphatic hydroxyl groups excluding tert-OH is 1. The molecule has 0 amide bonds. The number of carbonyl (C=O) groups excluding carboxylic acids is 2. The van der Waals surface area contributed by atoms with Crippen molar-refractivity contribution in [1.82, 2.24) is 0 Å². The summed E-state index contributed by atoms with van der Waals surface area (Å²) in [5.41, 5.74) is -1.33. The van der Waals surface area contributed by atoms with E-state index in [4.69, 9.17) is 28.2 Å². The monoisotopic (exact) mass is 482 g/mol. The molecule has 14 heteroatoms. The van der Waals surface area contributed by atoms with Gasteiger partial charge in [0.1, 0.15) is 23.7 Å². The third-order valence-corrected chi connectivity index (χ3v) is 8.63. The molecule has 3 heterocycles. The van der Waals surface area contributed by atoms with Crippen molar-refractivity contribution in [2.75, 3.05) is 0 Å². The summed E-state index contributed by atoms with van der Waals surface area (Å²) in [5, 5.41) is 4.75. The van der Waals surface area contributed by atoms with Crippen molar-refractivity contribution < 1.29 is 60.1 Å². The lowest BCUT2D eigenvalue weighted by atomic mass is 9.51. The largest absolute Gasteiger partial charge is 0.465 e. The first-order valence-electron chi connectivity index (χ1n) is 10.3. The molecule has 7 aliphatic rings. The second kappa shape index (κ2) is 6.16. The number of hydrogen-bond donors (Lipinski definition) is 2. The van der Waals surface area contributed by atoms with Gasteiger partial charge >= 0.3 is 27.3 Å². The Labute approximate surface area is 180 Å². The Morgan fingerprint density at radius 1 is 1.12 bits per heavy atom. The van der Waals surface area contributed by atoms with Crippen LogP contribution in [0.3, 0.4) is 0 Å². The van der Waals surface area contributed by atoms with Gasteiger partial charge in [-0.1, -0.05) is 0 Å². The fourth-order valence-electron chi connectivity index (χ4n) is 6.82. The Balaban J connectivity index is 1.25. The molecule has 7 unspecified atom stereocenters. The molecule has 0 aromatic heterocycles. The van der Waals surface area contributed by atoms with Gasteiger partial charge in [-0.3, -0.25) is 9.35 Å². The number of rotatable bonds is 3. The van der Waals surface area contributed by atoms with Crippen LogP contribution >= 0.6 is 0 Å². The van der Waals surface area contributed by atoms with Gasteiger partial charge in [0.05, 0.1) is 0 Å². The fourth-order valence-corrected chi connectivity index (χ4v) is 7.07. The van der Waals surface area contributed by atoms with Crippen LogP contribution in [-0.2, 0) is 43.4 Å². The number of cyclic esters (lactones) is 1. The van der Waals surface area contributed by atoms with E-state index in [0.29, 0.717) is 12.8 Å². The number of esters is 2. The van der Waals surface area contributed by atoms with E-state index in [1.165, 1.54) is 0 Å². The van der Waals surface area contributed by atoms with Crippen molar-refractivity contribution >= 4 is 22.1 Å². The number of ether oxygens (including phenoxy) is 5. The minimum Gasteiger partial charge on any atom is -0.454 e. The van der Waals surface area contributed by atoms with Gasteiger partial charge in [0.2, 0.25) is 6.29 Å². The maximum absolute atomic E-state index is 13.8. The van der Waals surface area contributed by atoms with E-state index in [0.717, 1.165) is 0 Å². The fraction of sp³-hybridized carbons (Fsp3) is 0.889. The van der Waals surface area contributed by atoms with Crippen molar-refractivity contribution in [3.63, 3.8) is 0 Å². The second-order valence-corrected chi connectivity index (χ2v) is 11.1. The van der Waals surface area contributed by atoms with Gasteiger partial charge in [0.25, 0.3) is 0 Å². The van der Waals surface area contributed by atoms with E-state index in [9.17, 15) is 31.9 Å². The molecule has 4 aliphatic carbocycles. The summed E-state index contributed by atoms with van der Waals surface area (Å²) in [7, 11) is -5.97. The molecule has 3 aliphatic heterocycles. The number of hydrogen-bond acceptors (Lipinski definition) is 10. The summed E-state index contributed by atoms with van der Waals surface area (Å²) < 4.78 is 86.2. The van der Waals surface area contributed by atoms with Crippen LogP contribution in [0.1, 0.15) is 32.1 Å². The number of fused-ring (bicyclic) bond motifs is 3. The number of aliphatic hydroxyl groups is 1. The lowest BCUT2D eigenvalue weighted by Gasteiger charge is -2.62. The molecule has 1 spiro atoms. The molecule has 7 rings (SSSR count). The Hall–Kier alpha value is -1.45. The average Bonchev–Trinajstić information content (AvgIpc) is 3.27. The summed E-state index contributed by atoms with van der Waals surface area (Å²) in [6, 6.07) is 0. The van der Waals surface area contributed by atoms with Crippen LogP contribution in [0.5, 0.6) is 0 Å². The molecule has 4 bridgehead atoms. The summed E-state index contributed by atoms with van der Waals surface area (Å²) in [5.74, 6) is -5.73. The van der Waals surface area contributed by atoms with Gasteiger partial charge in [-0.2, -0.15) is 17.2 Å². The van der Waals surface area contributed by atoms with Crippen molar-refractivity contribution in [2.24, 2.45) is 23.7 Å². The minimum atomic E-state index is -5.97. The lowest BCUT2D eigenvalue weighted by Crippen LogP contribution is -2.66. The highest BCUT2D eigenvalue weighted by Crippen LogP contribution is 2.66. The first kappa shape index (κ1) is 21.1. The Morgan fingerprint density at radius 3 is 2.41 bits per heavy atom. The van der Waals surface area contributed by atoms with E-state index in [1.54, 1.807) is 0 Å². The lowest BCUT2D eigenvalue weighted by molar-refractivity contribution is -0.343. The molecular weight excluding hydrogens is 462 g/mol. The Bertz CT molecular complexity index is 983. The molecule has 32 heavy (non-hydrogen) atoms. The van der Waals surface area contributed by atoms with Crippen molar-refractivity contribution in [3.05, 3.63) is 0 Å². The van der Waals surface area contributed by atoms with Gasteiger partial charge in [-0.15, -0.1) is 0 Å². The first-order chi connectivity index (χ1) is 14.9. The first-order valence-corrected chi connectivity index (χ1v) is 11.8. The molecule has 11 nitrogen and oxygen atoms in total. The quantitative estimate of drug-likeness (QED) is 0.410. The van der Waals surface area contributed by atoms with Gasteiger partial charge in [-0.25, -0.2) is 4.79 Å². The van der Waals surface area contributed by atoms with Crippen LogP contribution in [0.4, 0.5) is 8.78 Å². The zero-order valence-corrected chi connectivity index (χ0v) is 17.2. The topological polar surface area (TPSA) is 155 Å². The van der Waals surface area contributed by atoms with Crippen LogP contribution in [0, 0.1) is 23.7 Å². The molecule has 7 atom stereocenters. The van der Waals surface area contributed by atoms with Gasteiger partial charge < -0.3 is 28.8 Å². The molecule has 7 fully saturated rings.